The first-order valence-electron chi connectivity index (χ1n) is 13.7. The zero-order valence-corrected chi connectivity index (χ0v) is 26.9. The molecule has 0 aromatic heterocycles. The van der Waals surface area contributed by atoms with Crippen molar-refractivity contribution in [1.29, 1.82) is 0 Å². The summed E-state index contributed by atoms with van der Waals surface area (Å²) in [7, 11) is -3.64. The molecule has 4 aromatic rings. The van der Waals surface area contributed by atoms with Crippen LogP contribution in [0.2, 0.25) is 0 Å². The van der Waals surface area contributed by atoms with Gasteiger partial charge < -0.3 is 9.47 Å². The van der Waals surface area contributed by atoms with Crippen molar-refractivity contribution in [1.82, 2.24) is 0 Å². The lowest BCUT2D eigenvalue weighted by Crippen LogP contribution is -2.23. The van der Waals surface area contributed by atoms with Gasteiger partial charge >= 0.3 is 0 Å². The van der Waals surface area contributed by atoms with E-state index in [-0.39, 0.29) is 26.2 Å². The van der Waals surface area contributed by atoms with Gasteiger partial charge in [-0.15, -0.1) is 12.6 Å². The fraction of sp³-hybridized carbons (Fsp3) is 0.314. The summed E-state index contributed by atoms with van der Waals surface area (Å²) in [5, 5.41) is 0. The van der Waals surface area contributed by atoms with E-state index in [0.717, 1.165) is 22.4 Å². The van der Waals surface area contributed by atoms with Crippen molar-refractivity contribution in [3.8, 4) is 17.2 Å². The highest BCUT2D eigenvalue weighted by Gasteiger charge is 2.25. The minimum absolute atomic E-state index is 0.0476. The van der Waals surface area contributed by atoms with E-state index in [1.54, 1.807) is 36.4 Å². The first-order valence-corrected chi connectivity index (χ1v) is 15.7. The second kappa shape index (κ2) is 11.2. The van der Waals surface area contributed by atoms with Crippen molar-refractivity contribution in [3.63, 3.8) is 0 Å². The molecule has 0 spiro atoms. The number of hydrogen-bond donors (Lipinski definition) is 1. The van der Waals surface area contributed by atoms with Crippen LogP contribution in [0.4, 0.5) is 0 Å². The summed E-state index contributed by atoms with van der Waals surface area (Å²) in [6.07, 6.45) is 0. The lowest BCUT2D eigenvalue weighted by Gasteiger charge is -2.28. The molecule has 0 saturated carbocycles. The molecular weight excluding hydrogens is 549 g/mol. The number of rotatable bonds is 7. The van der Waals surface area contributed by atoms with Crippen LogP contribution in [-0.2, 0) is 20.7 Å². The molecule has 4 aromatic carbocycles. The summed E-state index contributed by atoms with van der Waals surface area (Å²) in [5.41, 5.74) is 2.77. The van der Waals surface area contributed by atoms with E-state index in [1.165, 1.54) is 0 Å². The van der Waals surface area contributed by atoms with Crippen LogP contribution in [0.5, 0.6) is 17.2 Å². The van der Waals surface area contributed by atoms with Crippen LogP contribution in [0, 0.1) is 0 Å². The lowest BCUT2D eigenvalue weighted by molar-refractivity contribution is 0.131. The van der Waals surface area contributed by atoms with Crippen molar-refractivity contribution in [3.05, 3.63) is 108 Å². The number of benzene rings is 4. The van der Waals surface area contributed by atoms with Gasteiger partial charge in [0, 0.05) is 10.3 Å². The molecular formula is C35H40O4S2. The molecule has 0 fully saturated rings. The highest BCUT2D eigenvalue weighted by Crippen LogP contribution is 2.37. The largest absolute Gasteiger partial charge is 0.488 e. The summed E-state index contributed by atoms with van der Waals surface area (Å²) < 4.78 is 38.4. The van der Waals surface area contributed by atoms with Crippen molar-refractivity contribution in [2.24, 2.45) is 0 Å². The van der Waals surface area contributed by atoms with Crippen LogP contribution in [-0.4, -0.2) is 14.0 Å². The number of sulfone groups is 1. The van der Waals surface area contributed by atoms with Crippen molar-refractivity contribution in [2.75, 3.05) is 0 Å². The molecule has 41 heavy (non-hydrogen) atoms. The van der Waals surface area contributed by atoms with Gasteiger partial charge in [-0.25, -0.2) is 8.42 Å². The van der Waals surface area contributed by atoms with E-state index in [4.69, 9.17) is 22.1 Å². The SMILES string of the molecule is CC(C)(C)Oc1ccc(C(C)(C)c2ccc(Oc3ccc(S(=O)(=O)c4ccc(C(C)(C)C)cc4)cc3)c(S)c2)cc1. The van der Waals surface area contributed by atoms with Crippen LogP contribution < -0.4 is 9.47 Å². The molecule has 0 radical (unpaired) electrons. The van der Waals surface area contributed by atoms with Gasteiger partial charge in [-0.05, 0) is 104 Å². The molecule has 0 aliphatic carbocycles. The monoisotopic (exact) mass is 588 g/mol. The average molecular weight is 589 g/mol. The second-order valence-electron chi connectivity index (χ2n) is 12.9. The smallest absolute Gasteiger partial charge is 0.206 e. The van der Waals surface area contributed by atoms with Gasteiger partial charge in [-0.2, -0.15) is 0 Å². The van der Waals surface area contributed by atoms with E-state index in [0.29, 0.717) is 16.4 Å². The molecule has 216 valence electrons. The van der Waals surface area contributed by atoms with Gasteiger partial charge in [0.2, 0.25) is 9.84 Å². The summed E-state index contributed by atoms with van der Waals surface area (Å²) in [6.45, 7) is 16.7. The maximum absolute atomic E-state index is 13.2. The van der Waals surface area contributed by atoms with E-state index < -0.39 is 9.84 Å². The van der Waals surface area contributed by atoms with Gasteiger partial charge in [-0.1, -0.05) is 65.0 Å². The molecule has 0 N–H and O–H groups in total. The topological polar surface area (TPSA) is 52.6 Å². The van der Waals surface area contributed by atoms with Gasteiger partial charge in [-0.3, -0.25) is 0 Å². The van der Waals surface area contributed by atoms with Crippen LogP contribution in [0.25, 0.3) is 0 Å². The quantitative estimate of drug-likeness (QED) is 0.219. The molecule has 4 nitrogen and oxygen atoms in total. The third-order valence-electron chi connectivity index (χ3n) is 7.07. The fourth-order valence-corrected chi connectivity index (χ4v) is 6.06. The van der Waals surface area contributed by atoms with Crippen LogP contribution in [0.3, 0.4) is 0 Å². The molecule has 0 atom stereocenters. The highest BCUT2D eigenvalue weighted by molar-refractivity contribution is 7.91. The highest BCUT2D eigenvalue weighted by atomic mass is 32.2. The summed E-state index contributed by atoms with van der Waals surface area (Å²) in [5.74, 6) is 1.96. The van der Waals surface area contributed by atoms with Crippen LogP contribution in [0.15, 0.2) is 106 Å². The average Bonchev–Trinajstić information content (AvgIpc) is 2.89. The zero-order valence-electron chi connectivity index (χ0n) is 25.1. The van der Waals surface area contributed by atoms with Crippen LogP contribution >= 0.6 is 12.6 Å². The molecule has 4 rings (SSSR count). The molecule has 0 unspecified atom stereocenters. The molecule has 0 saturated heterocycles. The van der Waals surface area contributed by atoms with Crippen molar-refractivity contribution < 1.29 is 17.9 Å². The Morgan fingerprint density at radius 3 is 1.54 bits per heavy atom. The van der Waals surface area contributed by atoms with E-state index >= 15 is 0 Å². The Bertz CT molecular complexity index is 1600. The van der Waals surface area contributed by atoms with E-state index in [1.807, 2.05) is 63.2 Å². The van der Waals surface area contributed by atoms with E-state index in [2.05, 4.69) is 46.8 Å². The molecule has 0 aliphatic rings. The normalized spacial score (nSPS) is 12.7. The van der Waals surface area contributed by atoms with Gasteiger partial charge in [0.05, 0.1) is 9.79 Å². The summed E-state index contributed by atoms with van der Waals surface area (Å²) in [6, 6.07) is 27.7. The second-order valence-corrected chi connectivity index (χ2v) is 15.3. The minimum Gasteiger partial charge on any atom is -0.488 e. The third kappa shape index (κ3) is 7.17. The zero-order chi connectivity index (χ0) is 30.2. The molecule has 0 aliphatic heterocycles. The predicted octanol–water partition coefficient (Wildman–Crippen LogP) is 9.40. The Balaban J connectivity index is 1.49. The molecule has 0 amide bonds. The van der Waals surface area contributed by atoms with Gasteiger partial charge in [0.1, 0.15) is 22.8 Å². The minimum atomic E-state index is -3.64. The number of ether oxygens (including phenoxy) is 2. The summed E-state index contributed by atoms with van der Waals surface area (Å²) >= 11 is 4.71. The Kier molecular flexibility index (Phi) is 8.41. The lowest BCUT2D eigenvalue weighted by atomic mass is 9.78. The van der Waals surface area contributed by atoms with Gasteiger partial charge in [0.15, 0.2) is 0 Å². The fourth-order valence-electron chi connectivity index (χ4n) is 4.54. The first-order chi connectivity index (χ1) is 19.0. The van der Waals surface area contributed by atoms with Crippen molar-refractivity contribution >= 4 is 22.5 Å². The van der Waals surface area contributed by atoms with Crippen LogP contribution in [0.1, 0.15) is 72.1 Å². The third-order valence-corrected chi connectivity index (χ3v) is 9.21. The Morgan fingerprint density at radius 2 is 1.05 bits per heavy atom. The standard InChI is InChI=1S/C35H40O4S2/c1-33(2,3)24-11-18-29(19-12-24)41(36,37)30-20-16-27(17-21-30)38-31-22-13-26(23-32(31)40)35(7,8)25-9-14-28(15-10-25)39-34(4,5)6/h9-23,40H,1-8H3. The Morgan fingerprint density at radius 1 is 0.585 bits per heavy atom. The molecule has 0 heterocycles. The Hall–Kier alpha value is -3.22. The molecule has 0 bridgehead atoms. The predicted molar refractivity (Wildman–Crippen MR) is 170 cm³/mol. The first kappa shape index (κ1) is 30.7. The molecule has 6 heteroatoms. The number of thiol groups is 1. The van der Waals surface area contributed by atoms with E-state index in [9.17, 15) is 8.42 Å². The maximum Gasteiger partial charge on any atom is 0.206 e. The Labute approximate surface area is 251 Å². The summed E-state index contributed by atoms with van der Waals surface area (Å²) in [4.78, 5) is 1.18. The van der Waals surface area contributed by atoms with Gasteiger partial charge in [0.25, 0.3) is 0 Å². The number of hydrogen-bond acceptors (Lipinski definition) is 5. The van der Waals surface area contributed by atoms with Crippen molar-refractivity contribution in [2.45, 2.75) is 86.5 Å². The maximum atomic E-state index is 13.2.